The molecule has 0 bridgehead atoms. The molecule has 1 fully saturated rings. The normalized spacial score (nSPS) is 16.4. The van der Waals surface area contributed by atoms with E-state index in [0.717, 1.165) is 22.2 Å². The number of hydrogen-bond acceptors (Lipinski definition) is 5. The van der Waals surface area contributed by atoms with Gasteiger partial charge in [-0.05, 0) is 40.8 Å². The standard InChI is InChI=1S/C19H23NO4S/c1-12(2)11-24-17(21)10-20-18(22)16(25-19(20)23)9-14-5-7-15(8-6-14)13(3)4/h5-9,12-13H,10-11H2,1-4H3/b16-9+. The van der Waals surface area contributed by atoms with Gasteiger partial charge in [0.15, 0.2) is 0 Å². The molecule has 6 heteroatoms. The minimum atomic E-state index is -0.571. The van der Waals surface area contributed by atoms with Crippen LogP contribution in [0.4, 0.5) is 4.79 Å². The smallest absolute Gasteiger partial charge is 0.326 e. The summed E-state index contributed by atoms with van der Waals surface area (Å²) in [6.45, 7) is 7.98. The Morgan fingerprint density at radius 1 is 1.16 bits per heavy atom. The third-order valence-electron chi connectivity index (χ3n) is 3.64. The van der Waals surface area contributed by atoms with Crippen molar-refractivity contribution in [2.45, 2.75) is 33.6 Å². The van der Waals surface area contributed by atoms with Crippen LogP contribution >= 0.6 is 11.8 Å². The van der Waals surface area contributed by atoms with Crippen LogP contribution in [0.5, 0.6) is 0 Å². The highest BCUT2D eigenvalue weighted by atomic mass is 32.2. The zero-order chi connectivity index (χ0) is 18.6. The summed E-state index contributed by atoms with van der Waals surface area (Å²) < 4.78 is 5.04. The first-order valence-corrected chi connectivity index (χ1v) is 9.10. The Balaban J connectivity index is 2.05. The zero-order valence-electron chi connectivity index (χ0n) is 14.9. The summed E-state index contributed by atoms with van der Waals surface area (Å²) in [5, 5.41) is -0.448. The highest BCUT2D eigenvalue weighted by Crippen LogP contribution is 2.32. The number of carbonyl (C=O) groups excluding carboxylic acids is 3. The molecule has 5 nitrogen and oxygen atoms in total. The number of esters is 1. The molecular formula is C19H23NO4S. The lowest BCUT2D eigenvalue weighted by Crippen LogP contribution is -2.34. The third-order valence-corrected chi connectivity index (χ3v) is 4.55. The van der Waals surface area contributed by atoms with E-state index in [1.165, 1.54) is 5.56 Å². The van der Waals surface area contributed by atoms with Crippen LogP contribution < -0.4 is 0 Å². The van der Waals surface area contributed by atoms with Crippen LogP contribution in [0.25, 0.3) is 6.08 Å². The van der Waals surface area contributed by atoms with E-state index < -0.39 is 17.1 Å². The minimum absolute atomic E-state index is 0.201. The Morgan fingerprint density at radius 2 is 1.80 bits per heavy atom. The maximum absolute atomic E-state index is 12.4. The van der Waals surface area contributed by atoms with Crippen molar-refractivity contribution < 1.29 is 19.1 Å². The molecule has 25 heavy (non-hydrogen) atoms. The Kier molecular flexibility index (Phi) is 6.42. The molecule has 0 unspecified atom stereocenters. The molecule has 0 spiro atoms. The fourth-order valence-electron chi connectivity index (χ4n) is 2.20. The minimum Gasteiger partial charge on any atom is -0.464 e. The molecule has 1 saturated heterocycles. The molecule has 0 N–H and O–H groups in total. The van der Waals surface area contributed by atoms with Crippen LogP contribution in [0.2, 0.25) is 0 Å². The van der Waals surface area contributed by atoms with Gasteiger partial charge in [-0.2, -0.15) is 0 Å². The Bertz CT molecular complexity index is 692. The van der Waals surface area contributed by atoms with Gasteiger partial charge >= 0.3 is 5.97 Å². The van der Waals surface area contributed by atoms with Crippen LogP contribution in [-0.4, -0.2) is 35.2 Å². The highest BCUT2D eigenvalue weighted by molar-refractivity contribution is 8.18. The fraction of sp³-hybridized carbons (Fsp3) is 0.421. The van der Waals surface area contributed by atoms with E-state index in [1.807, 2.05) is 38.1 Å². The van der Waals surface area contributed by atoms with Crippen LogP contribution in [-0.2, 0) is 14.3 Å². The molecule has 1 aliphatic rings. The Hall–Kier alpha value is -2.08. The average Bonchev–Trinajstić information content (AvgIpc) is 2.81. The monoisotopic (exact) mass is 361 g/mol. The summed E-state index contributed by atoms with van der Waals surface area (Å²) in [5.41, 5.74) is 2.05. The number of imide groups is 1. The summed E-state index contributed by atoms with van der Waals surface area (Å²) in [6.07, 6.45) is 1.68. The number of benzene rings is 1. The van der Waals surface area contributed by atoms with Gasteiger partial charge in [-0.3, -0.25) is 19.3 Å². The number of rotatable bonds is 6. The van der Waals surface area contributed by atoms with Crippen molar-refractivity contribution in [2.24, 2.45) is 5.92 Å². The molecule has 2 amide bonds. The zero-order valence-corrected chi connectivity index (χ0v) is 15.8. The van der Waals surface area contributed by atoms with Gasteiger partial charge in [0.2, 0.25) is 0 Å². The summed E-state index contributed by atoms with van der Waals surface area (Å²) in [7, 11) is 0. The number of hydrogen-bond donors (Lipinski definition) is 0. The molecule has 0 saturated carbocycles. The van der Waals surface area contributed by atoms with Gasteiger partial charge < -0.3 is 4.74 Å². The van der Waals surface area contributed by atoms with E-state index in [0.29, 0.717) is 10.8 Å². The van der Waals surface area contributed by atoms with E-state index in [2.05, 4.69) is 13.8 Å². The quantitative estimate of drug-likeness (QED) is 0.565. The van der Waals surface area contributed by atoms with Gasteiger partial charge in [-0.15, -0.1) is 0 Å². The molecule has 2 rings (SSSR count). The van der Waals surface area contributed by atoms with Crippen molar-refractivity contribution in [3.8, 4) is 0 Å². The summed E-state index contributed by atoms with van der Waals surface area (Å²) in [6, 6.07) is 7.84. The number of ether oxygens (including phenoxy) is 1. The summed E-state index contributed by atoms with van der Waals surface area (Å²) in [5.74, 6) is -0.395. The van der Waals surface area contributed by atoms with Crippen molar-refractivity contribution in [1.82, 2.24) is 4.90 Å². The predicted octanol–water partition coefficient (Wildman–Crippen LogP) is 4.05. The second-order valence-corrected chi connectivity index (χ2v) is 7.66. The number of amides is 2. The van der Waals surface area contributed by atoms with Gasteiger partial charge in [0.1, 0.15) is 6.54 Å². The van der Waals surface area contributed by atoms with Crippen LogP contribution in [0, 0.1) is 5.92 Å². The predicted molar refractivity (Wildman–Crippen MR) is 99.0 cm³/mol. The van der Waals surface area contributed by atoms with E-state index in [9.17, 15) is 14.4 Å². The molecule has 1 aromatic carbocycles. The molecule has 0 aromatic heterocycles. The first kappa shape index (κ1) is 19.2. The second-order valence-electron chi connectivity index (χ2n) is 6.67. The Labute approximate surface area is 152 Å². The molecular weight excluding hydrogens is 338 g/mol. The van der Waals surface area contributed by atoms with Crippen molar-refractivity contribution >= 4 is 35.0 Å². The van der Waals surface area contributed by atoms with Gasteiger partial charge in [0.05, 0.1) is 11.5 Å². The summed E-state index contributed by atoms with van der Waals surface area (Å²) >= 11 is 0.844. The van der Waals surface area contributed by atoms with E-state index in [-0.39, 0.29) is 19.1 Å². The SMILES string of the molecule is CC(C)COC(=O)CN1C(=O)S/C(=C/c2ccc(C(C)C)cc2)C1=O. The molecule has 1 aliphatic heterocycles. The van der Waals surface area contributed by atoms with Crippen molar-refractivity contribution in [3.05, 3.63) is 40.3 Å². The lowest BCUT2D eigenvalue weighted by Gasteiger charge is -2.12. The summed E-state index contributed by atoms with van der Waals surface area (Å²) in [4.78, 5) is 37.4. The Morgan fingerprint density at radius 3 is 2.36 bits per heavy atom. The highest BCUT2D eigenvalue weighted by Gasteiger charge is 2.36. The first-order valence-electron chi connectivity index (χ1n) is 8.29. The second kappa shape index (κ2) is 8.34. The maximum Gasteiger partial charge on any atom is 0.326 e. The maximum atomic E-state index is 12.4. The van der Waals surface area contributed by atoms with Crippen molar-refractivity contribution in [1.29, 1.82) is 0 Å². The number of nitrogens with zero attached hydrogens (tertiary/aromatic N) is 1. The van der Waals surface area contributed by atoms with Crippen LogP contribution in [0.1, 0.15) is 44.7 Å². The van der Waals surface area contributed by atoms with Gasteiger partial charge in [0.25, 0.3) is 11.1 Å². The average molecular weight is 361 g/mol. The van der Waals surface area contributed by atoms with Crippen molar-refractivity contribution in [2.75, 3.05) is 13.2 Å². The lowest BCUT2D eigenvalue weighted by atomic mass is 10.0. The van der Waals surface area contributed by atoms with E-state index in [1.54, 1.807) is 6.08 Å². The largest absolute Gasteiger partial charge is 0.464 e. The van der Waals surface area contributed by atoms with Gasteiger partial charge in [-0.1, -0.05) is 52.0 Å². The molecule has 0 aliphatic carbocycles. The number of thioether (sulfide) groups is 1. The van der Waals surface area contributed by atoms with Gasteiger partial charge in [-0.25, -0.2) is 0 Å². The topological polar surface area (TPSA) is 63.7 Å². The molecule has 134 valence electrons. The van der Waals surface area contributed by atoms with Crippen LogP contribution in [0.3, 0.4) is 0 Å². The van der Waals surface area contributed by atoms with Crippen LogP contribution in [0.15, 0.2) is 29.2 Å². The van der Waals surface area contributed by atoms with E-state index in [4.69, 9.17) is 4.74 Å². The van der Waals surface area contributed by atoms with E-state index >= 15 is 0 Å². The molecule has 0 atom stereocenters. The fourth-order valence-corrected chi connectivity index (χ4v) is 3.04. The molecule has 1 aromatic rings. The number of carbonyl (C=O) groups is 3. The first-order chi connectivity index (χ1) is 11.8. The van der Waals surface area contributed by atoms with Gasteiger partial charge in [0, 0.05) is 0 Å². The molecule has 1 heterocycles. The van der Waals surface area contributed by atoms with Crippen molar-refractivity contribution in [3.63, 3.8) is 0 Å². The third kappa shape index (κ3) is 5.19. The lowest BCUT2D eigenvalue weighted by molar-refractivity contribution is -0.147. The molecule has 0 radical (unpaired) electrons.